The monoisotopic (exact) mass is 330 g/mol. The molecule has 0 bridgehead atoms. The van der Waals surface area contributed by atoms with Crippen LogP contribution in [0.1, 0.15) is 12.5 Å². The van der Waals surface area contributed by atoms with E-state index in [2.05, 4.69) is 36.7 Å². The number of H-pyrrole nitrogens is 1. The van der Waals surface area contributed by atoms with E-state index in [1.54, 1.807) is 22.6 Å². The molecule has 120 valence electrons. The molecule has 0 spiro atoms. The van der Waals surface area contributed by atoms with Crippen molar-refractivity contribution in [2.45, 2.75) is 19.4 Å². The van der Waals surface area contributed by atoms with Gasteiger partial charge in [-0.25, -0.2) is 15.0 Å². The maximum atomic E-state index is 12.2. The van der Waals surface area contributed by atoms with E-state index in [1.807, 2.05) is 19.4 Å². The smallest absolute Gasteiger partial charge is 0.239 e. The Morgan fingerprint density at radius 2 is 2.30 bits per heavy atom. The van der Waals surface area contributed by atoms with Crippen LogP contribution < -0.4 is 10.2 Å². The zero-order valence-electron chi connectivity index (χ0n) is 13.0. The van der Waals surface area contributed by atoms with Crippen molar-refractivity contribution in [3.8, 4) is 0 Å². The summed E-state index contributed by atoms with van der Waals surface area (Å²) < 4.78 is 0. The largest absolute Gasteiger partial charge is 0.352 e. The van der Waals surface area contributed by atoms with Gasteiger partial charge in [-0.05, 0) is 35.7 Å². The van der Waals surface area contributed by atoms with Gasteiger partial charge in [-0.1, -0.05) is 0 Å². The van der Waals surface area contributed by atoms with Gasteiger partial charge in [-0.15, -0.1) is 0 Å². The number of anilines is 1. The highest BCUT2D eigenvalue weighted by molar-refractivity contribution is 7.07. The molecule has 3 aromatic rings. The third kappa shape index (κ3) is 3.65. The first kappa shape index (κ1) is 15.4. The second-order valence-electron chi connectivity index (χ2n) is 5.46. The molecule has 1 amide bonds. The number of fused-ring (bicyclic) bond motifs is 1. The summed E-state index contributed by atoms with van der Waals surface area (Å²) in [5, 5.41) is 7.16. The second kappa shape index (κ2) is 6.74. The first-order valence-electron chi connectivity index (χ1n) is 7.29. The third-order valence-corrected chi connectivity index (χ3v) is 4.21. The number of nitrogens with one attached hydrogen (secondary N) is 2. The predicted octanol–water partition coefficient (Wildman–Crippen LogP) is 1.60. The lowest BCUT2D eigenvalue weighted by molar-refractivity contribution is -0.120. The Morgan fingerprint density at radius 3 is 3.09 bits per heavy atom. The number of carbonyl (C=O) groups is 1. The molecule has 0 radical (unpaired) electrons. The Labute approximate surface area is 137 Å². The molecular formula is C15H18N6OS. The maximum absolute atomic E-state index is 12.2. The SMILES string of the molecule is C[C@H](Cc1ccsc1)NC(=O)CN(C)c1ncnc2nc[nH]c12. The molecule has 3 heterocycles. The fourth-order valence-corrected chi connectivity index (χ4v) is 3.15. The van der Waals surface area contributed by atoms with Crippen LogP contribution in [0.5, 0.6) is 0 Å². The molecule has 3 aromatic heterocycles. The number of likely N-dealkylation sites (N-methyl/N-ethyl adjacent to an activating group) is 1. The maximum Gasteiger partial charge on any atom is 0.239 e. The van der Waals surface area contributed by atoms with Crippen molar-refractivity contribution in [1.29, 1.82) is 0 Å². The lowest BCUT2D eigenvalue weighted by Crippen LogP contribution is -2.40. The van der Waals surface area contributed by atoms with E-state index in [1.165, 1.54) is 11.9 Å². The third-order valence-electron chi connectivity index (χ3n) is 3.47. The van der Waals surface area contributed by atoms with Gasteiger partial charge >= 0.3 is 0 Å². The Morgan fingerprint density at radius 1 is 1.43 bits per heavy atom. The Kier molecular flexibility index (Phi) is 4.52. The van der Waals surface area contributed by atoms with Gasteiger partial charge < -0.3 is 15.2 Å². The van der Waals surface area contributed by atoms with Crippen molar-refractivity contribution >= 4 is 34.2 Å². The Balaban J connectivity index is 1.60. The van der Waals surface area contributed by atoms with E-state index >= 15 is 0 Å². The highest BCUT2D eigenvalue weighted by Gasteiger charge is 2.15. The average molecular weight is 330 g/mol. The highest BCUT2D eigenvalue weighted by Crippen LogP contribution is 2.17. The van der Waals surface area contributed by atoms with Crippen LogP contribution in [0.4, 0.5) is 5.82 Å². The van der Waals surface area contributed by atoms with Gasteiger partial charge in [0.25, 0.3) is 0 Å². The second-order valence-corrected chi connectivity index (χ2v) is 6.24. The van der Waals surface area contributed by atoms with Crippen molar-refractivity contribution in [2.75, 3.05) is 18.5 Å². The topological polar surface area (TPSA) is 86.8 Å². The number of hydrogen-bond acceptors (Lipinski definition) is 6. The normalized spacial score (nSPS) is 12.3. The Bertz CT molecular complexity index is 784. The number of carbonyl (C=O) groups excluding carboxylic acids is 1. The van der Waals surface area contributed by atoms with Crippen molar-refractivity contribution in [1.82, 2.24) is 25.3 Å². The number of rotatable bonds is 6. The van der Waals surface area contributed by atoms with Gasteiger partial charge in [0.15, 0.2) is 11.5 Å². The zero-order chi connectivity index (χ0) is 16.2. The van der Waals surface area contributed by atoms with E-state index in [4.69, 9.17) is 0 Å². The number of nitrogens with zero attached hydrogens (tertiary/aromatic N) is 4. The molecule has 3 rings (SSSR count). The van der Waals surface area contributed by atoms with Crippen LogP contribution >= 0.6 is 11.3 Å². The minimum atomic E-state index is -0.0403. The van der Waals surface area contributed by atoms with Crippen molar-refractivity contribution < 1.29 is 4.79 Å². The standard InChI is InChI=1S/C15H18N6OS/c1-10(5-11-3-4-23-7-11)20-12(22)6-21(2)15-13-14(17-8-16-13)18-9-19-15/h3-4,7-10H,5-6H2,1-2H3,(H,20,22)(H,16,17,18,19)/t10-/m1/s1. The minimum absolute atomic E-state index is 0.0403. The summed E-state index contributed by atoms with van der Waals surface area (Å²) in [4.78, 5) is 29.4. The van der Waals surface area contributed by atoms with Crippen molar-refractivity contribution in [2.24, 2.45) is 0 Å². The van der Waals surface area contributed by atoms with E-state index in [9.17, 15) is 4.79 Å². The number of thiophene rings is 1. The molecule has 2 N–H and O–H groups in total. The summed E-state index contributed by atoms with van der Waals surface area (Å²) in [5.74, 6) is 0.620. The molecular weight excluding hydrogens is 312 g/mol. The summed E-state index contributed by atoms with van der Waals surface area (Å²) >= 11 is 1.67. The molecule has 1 atom stereocenters. The van der Waals surface area contributed by atoms with Crippen LogP contribution in [0.25, 0.3) is 11.2 Å². The number of imidazole rings is 1. The fraction of sp³-hybridized carbons (Fsp3) is 0.333. The quantitative estimate of drug-likeness (QED) is 0.717. The molecule has 23 heavy (non-hydrogen) atoms. The molecule has 0 aliphatic heterocycles. The molecule has 0 aromatic carbocycles. The lowest BCUT2D eigenvalue weighted by Gasteiger charge is -2.20. The van der Waals surface area contributed by atoms with E-state index in [0.29, 0.717) is 11.5 Å². The number of aromatic amines is 1. The first-order valence-corrected chi connectivity index (χ1v) is 8.23. The van der Waals surface area contributed by atoms with Gasteiger partial charge in [0, 0.05) is 13.1 Å². The minimum Gasteiger partial charge on any atom is -0.352 e. The van der Waals surface area contributed by atoms with Gasteiger partial charge in [-0.2, -0.15) is 11.3 Å². The molecule has 0 fully saturated rings. The Hall–Kier alpha value is -2.48. The van der Waals surface area contributed by atoms with Crippen LogP contribution in [0.3, 0.4) is 0 Å². The summed E-state index contributed by atoms with van der Waals surface area (Å²) in [7, 11) is 1.83. The highest BCUT2D eigenvalue weighted by atomic mass is 32.1. The van der Waals surface area contributed by atoms with Gasteiger partial charge in [0.1, 0.15) is 11.8 Å². The van der Waals surface area contributed by atoms with Crippen LogP contribution in [0, 0.1) is 0 Å². The summed E-state index contributed by atoms with van der Waals surface area (Å²) in [5.41, 5.74) is 2.56. The number of aromatic nitrogens is 4. The molecule has 0 aliphatic carbocycles. The van der Waals surface area contributed by atoms with Gasteiger partial charge in [-0.3, -0.25) is 4.79 Å². The van der Waals surface area contributed by atoms with Crippen LogP contribution in [-0.4, -0.2) is 45.5 Å². The van der Waals surface area contributed by atoms with Gasteiger partial charge in [0.2, 0.25) is 5.91 Å². The summed E-state index contributed by atoms with van der Waals surface area (Å²) in [6.07, 6.45) is 3.85. The van der Waals surface area contributed by atoms with E-state index in [-0.39, 0.29) is 18.5 Å². The fourth-order valence-electron chi connectivity index (χ4n) is 2.47. The van der Waals surface area contributed by atoms with Crippen LogP contribution in [-0.2, 0) is 11.2 Å². The van der Waals surface area contributed by atoms with Gasteiger partial charge in [0.05, 0.1) is 12.9 Å². The van der Waals surface area contributed by atoms with E-state index < -0.39 is 0 Å². The molecule has 7 nitrogen and oxygen atoms in total. The molecule has 8 heteroatoms. The molecule has 0 saturated heterocycles. The first-order chi connectivity index (χ1) is 11.1. The van der Waals surface area contributed by atoms with Crippen molar-refractivity contribution in [3.05, 3.63) is 35.0 Å². The molecule has 0 unspecified atom stereocenters. The molecule has 0 aliphatic rings. The average Bonchev–Trinajstić information content (AvgIpc) is 3.16. The lowest BCUT2D eigenvalue weighted by atomic mass is 10.1. The van der Waals surface area contributed by atoms with Crippen LogP contribution in [0.2, 0.25) is 0 Å². The number of hydrogen-bond donors (Lipinski definition) is 2. The zero-order valence-corrected chi connectivity index (χ0v) is 13.8. The van der Waals surface area contributed by atoms with E-state index in [0.717, 1.165) is 11.9 Å². The predicted molar refractivity (Wildman–Crippen MR) is 90.6 cm³/mol. The van der Waals surface area contributed by atoms with Crippen LogP contribution in [0.15, 0.2) is 29.5 Å². The summed E-state index contributed by atoms with van der Waals surface area (Å²) in [6, 6.07) is 2.16. The summed E-state index contributed by atoms with van der Waals surface area (Å²) in [6.45, 7) is 2.23. The number of amides is 1. The molecule has 0 saturated carbocycles. The van der Waals surface area contributed by atoms with Crippen molar-refractivity contribution in [3.63, 3.8) is 0 Å².